The Morgan fingerprint density at radius 2 is 1.36 bits per heavy atom. The zero-order valence-corrected chi connectivity index (χ0v) is 17.2. The van der Waals surface area contributed by atoms with Gasteiger partial charge in [0.05, 0.1) is 0 Å². The standard InChI is InChI=1S/C18H13O2S5/c1-21-18-24-16(22-14(19)12-8-4-2-5-9-12)17(25-18)23-15(20)13-10-6-3-7-11-13/h2-11H,1H3/q+1. The molecule has 0 spiro atoms. The highest BCUT2D eigenvalue weighted by Gasteiger charge is 2.28. The Morgan fingerprint density at radius 3 is 1.88 bits per heavy atom. The number of hydrogen-bond acceptors (Lipinski definition) is 6. The predicted octanol–water partition coefficient (Wildman–Crippen LogP) is 6.68. The van der Waals surface area contributed by atoms with Gasteiger partial charge in [-0.2, -0.15) is 0 Å². The van der Waals surface area contributed by atoms with Crippen molar-refractivity contribution in [1.82, 2.24) is 0 Å². The summed E-state index contributed by atoms with van der Waals surface area (Å²) in [5.74, 6) is 0. The Bertz CT molecular complexity index is 804. The van der Waals surface area contributed by atoms with Crippen molar-refractivity contribution in [3.63, 3.8) is 0 Å². The van der Waals surface area contributed by atoms with E-state index in [2.05, 4.69) is 0 Å². The molecule has 0 aliphatic carbocycles. The average Bonchev–Trinajstić information content (AvgIpc) is 3.04. The molecule has 0 aliphatic rings. The first kappa shape index (κ1) is 18.7. The third-order valence-electron chi connectivity index (χ3n) is 3.08. The van der Waals surface area contributed by atoms with Gasteiger partial charge in [-0.1, -0.05) is 72.4 Å². The Kier molecular flexibility index (Phi) is 6.72. The number of carbonyl (C=O) groups is 2. The van der Waals surface area contributed by atoms with E-state index in [9.17, 15) is 9.59 Å². The molecular weight excluding hydrogens is 409 g/mol. The van der Waals surface area contributed by atoms with Crippen molar-refractivity contribution in [2.75, 3.05) is 6.26 Å². The van der Waals surface area contributed by atoms with E-state index in [1.807, 2.05) is 66.9 Å². The maximum absolute atomic E-state index is 12.5. The van der Waals surface area contributed by atoms with Crippen LogP contribution in [0.2, 0.25) is 0 Å². The van der Waals surface area contributed by atoms with Crippen LogP contribution in [0.15, 0.2) is 72.6 Å². The Balaban J connectivity index is 1.81. The molecule has 0 atom stereocenters. The Labute approximate surface area is 167 Å². The van der Waals surface area contributed by atoms with Crippen molar-refractivity contribution in [3.05, 3.63) is 71.8 Å². The van der Waals surface area contributed by atoms with E-state index in [4.69, 9.17) is 0 Å². The van der Waals surface area contributed by atoms with Crippen LogP contribution >= 0.6 is 58.0 Å². The third-order valence-corrected chi connectivity index (χ3v) is 9.66. The zero-order valence-electron chi connectivity index (χ0n) is 13.1. The van der Waals surface area contributed by atoms with E-state index < -0.39 is 0 Å². The van der Waals surface area contributed by atoms with E-state index in [1.54, 1.807) is 34.4 Å². The number of carbonyl (C=O) groups excluding carboxylic acids is 2. The molecule has 0 fully saturated rings. The summed E-state index contributed by atoms with van der Waals surface area (Å²) in [6.07, 6.45) is 2.00. The molecule has 7 heteroatoms. The lowest BCUT2D eigenvalue weighted by atomic mass is 10.2. The van der Waals surface area contributed by atoms with Gasteiger partial charge in [-0.25, -0.2) is 0 Å². The molecule has 126 valence electrons. The molecule has 0 bridgehead atoms. The van der Waals surface area contributed by atoms with Crippen LogP contribution in [-0.2, 0) is 0 Å². The fraction of sp³-hybridized carbons (Fsp3) is 0.0556. The van der Waals surface area contributed by atoms with Crippen LogP contribution in [0.3, 0.4) is 0 Å². The average molecular weight is 422 g/mol. The van der Waals surface area contributed by atoms with E-state index in [1.165, 1.54) is 23.5 Å². The van der Waals surface area contributed by atoms with Gasteiger partial charge in [0.15, 0.2) is 0 Å². The van der Waals surface area contributed by atoms with Crippen molar-refractivity contribution in [3.8, 4) is 0 Å². The molecule has 25 heavy (non-hydrogen) atoms. The molecule has 0 N–H and O–H groups in total. The maximum Gasteiger partial charge on any atom is 0.314 e. The molecule has 3 aromatic rings. The topological polar surface area (TPSA) is 34.1 Å². The van der Waals surface area contributed by atoms with Gasteiger partial charge in [0, 0.05) is 11.1 Å². The quantitative estimate of drug-likeness (QED) is 0.339. The molecule has 2 nitrogen and oxygen atoms in total. The number of thioether (sulfide) groups is 3. The molecule has 2 aromatic carbocycles. The summed E-state index contributed by atoms with van der Waals surface area (Å²) in [5, 5.41) is -0.00683. The van der Waals surface area contributed by atoms with Crippen LogP contribution in [0.5, 0.6) is 0 Å². The lowest BCUT2D eigenvalue weighted by Gasteiger charge is -1.98. The predicted molar refractivity (Wildman–Crippen MR) is 112 cm³/mol. The highest BCUT2D eigenvalue weighted by molar-refractivity contribution is 8.19. The lowest BCUT2D eigenvalue weighted by molar-refractivity contribution is 0.108. The molecule has 0 saturated carbocycles. The summed E-state index contributed by atoms with van der Waals surface area (Å²) >= 11 is 7.18. The largest absolute Gasteiger partial charge is 0.314 e. The zero-order chi connectivity index (χ0) is 17.6. The highest BCUT2D eigenvalue weighted by atomic mass is 32.2. The van der Waals surface area contributed by atoms with Crippen LogP contribution < -0.4 is 0 Å². The van der Waals surface area contributed by atoms with Gasteiger partial charge in [0.25, 0.3) is 0 Å². The number of benzene rings is 2. The summed E-state index contributed by atoms with van der Waals surface area (Å²) < 4.78 is 2.90. The highest BCUT2D eigenvalue weighted by Crippen LogP contribution is 2.47. The molecular formula is C18H13O2S5+. The first-order valence-corrected chi connectivity index (χ1v) is 11.7. The Morgan fingerprint density at radius 1 is 0.840 bits per heavy atom. The van der Waals surface area contributed by atoms with E-state index in [0.717, 1.165) is 11.9 Å². The van der Waals surface area contributed by atoms with Gasteiger partial charge >= 0.3 is 3.52 Å². The van der Waals surface area contributed by atoms with Gasteiger partial charge in [0.1, 0.15) is 22.7 Å². The SMILES string of the molecule is CSc1sc(SC(=O)c2ccccc2)c(SC(=O)c2ccccc2)[s+]1. The van der Waals surface area contributed by atoms with Crippen molar-refractivity contribution < 1.29 is 9.59 Å². The van der Waals surface area contributed by atoms with E-state index in [0.29, 0.717) is 11.1 Å². The van der Waals surface area contributed by atoms with Crippen molar-refractivity contribution in [1.29, 1.82) is 0 Å². The summed E-state index contributed by atoms with van der Waals surface area (Å²) in [4.78, 5) is 25.0. The number of rotatable bonds is 5. The van der Waals surface area contributed by atoms with Crippen LogP contribution in [-0.4, -0.2) is 16.5 Å². The maximum atomic E-state index is 12.5. The second-order valence-corrected chi connectivity index (χ2v) is 10.9. The molecule has 1 aromatic heterocycles. The van der Waals surface area contributed by atoms with Crippen molar-refractivity contribution in [2.24, 2.45) is 0 Å². The summed E-state index contributed by atoms with van der Waals surface area (Å²) in [6, 6.07) is 18.4. The molecule has 0 aliphatic heterocycles. The van der Waals surface area contributed by atoms with Crippen molar-refractivity contribution >= 4 is 68.2 Å². The first-order chi connectivity index (χ1) is 12.2. The molecule has 1 heterocycles. The van der Waals surface area contributed by atoms with Crippen LogP contribution in [0.25, 0.3) is 0 Å². The minimum absolute atomic E-state index is 0.00341. The monoisotopic (exact) mass is 421 g/mol. The van der Waals surface area contributed by atoms with Gasteiger partial charge in [-0.3, -0.25) is 9.59 Å². The van der Waals surface area contributed by atoms with Gasteiger partial charge in [0.2, 0.25) is 18.6 Å². The van der Waals surface area contributed by atoms with Gasteiger partial charge in [-0.05, 0) is 29.8 Å². The van der Waals surface area contributed by atoms with Crippen LogP contribution in [0, 0.1) is 0 Å². The normalized spacial score (nSPS) is 10.6. The van der Waals surface area contributed by atoms with E-state index >= 15 is 0 Å². The fourth-order valence-corrected chi connectivity index (χ4v) is 8.13. The third kappa shape index (κ3) is 4.95. The second kappa shape index (κ2) is 9.00. The second-order valence-electron chi connectivity index (χ2n) is 4.74. The first-order valence-electron chi connectivity index (χ1n) is 7.22. The fourth-order valence-electron chi connectivity index (χ4n) is 1.90. The molecule has 3 rings (SSSR count). The molecule has 0 unspecified atom stereocenters. The van der Waals surface area contributed by atoms with Crippen LogP contribution in [0.4, 0.5) is 0 Å². The summed E-state index contributed by atoms with van der Waals surface area (Å²) in [6.45, 7) is 0. The van der Waals surface area contributed by atoms with Gasteiger partial charge < -0.3 is 0 Å². The number of hydrogen-bond donors (Lipinski definition) is 0. The lowest BCUT2D eigenvalue weighted by Crippen LogP contribution is -1.93. The minimum atomic E-state index is -0.00341. The van der Waals surface area contributed by atoms with E-state index in [-0.39, 0.29) is 10.2 Å². The van der Waals surface area contributed by atoms with Crippen molar-refractivity contribution in [2.45, 2.75) is 11.9 Å². The molecule has 0 amide bonds. The minimum Gasteiger partial charge on any atom is -0.281 e. The molecule has 0 radical (unpaired) electrons. The summed E-state index contributed by atoms with van der Waals surface area (Å²) in [7, 11) is 0. The molecule has 0 saturated heterocycles. The van der Waals surface area contributed by atoms with Crippen LogP contribution in [0.1, 0.15) is 20.7 Å². The summed E-state index contributed by atoms with van der Waals surface area (Å²) in [5.41, 5.74) is 1.34. The Hall–Kier alpha value is -1.12. The smallest absolute Gasteiger partial charge is 0.281 e. The van der Waals surface area contributed by atoms with Gasteiger partial charge in [-0.15, -0.1) is 0 Å².